The van der Waals surface area contributed by atoms with Gasteiger partial charge in [-0.3, -0.25) is 24.2 Å². The lowest BCUT2D eigenvalue weighted by Crippen LogP contribution is -2.55. The summed E-state index contributed by atoms with van der Waals surface area (Å²) in [5, 5.41) is 16.3. The Kier molecular flexibility index (Phi) is 13.8. The number of nitrogens with zero attached hydrogens (tertiary/aromatic N) is 1. The summed E-state index contributed by atoms with van der Waals surface area (Å²) in [5.74, 6) is -4.31. The summed E-state index contributed by atoms with van der Waals surface area (Å²) < 4.78 is 0. The van der Waals surface area contributed by atoms with Crippen LogP contribution in [0.3, 0.4) is 0 Å². The van der Waals surface area contributed by atoms with E-state index in [1.165, 1.54) is 0 Å². The second kappa shape index (κ2) is 15.4. The van der Waals surface area contributed by atoms with Crippen LogP contribution < -0.4 is 38.9 Å². The number of carbonyl (C=O) groups excluding carboxylic acids is 4. The molecule has 4 atom stereocenters. The topological polar surface area (TPSA) is 258 Å². The number of guanidine groups is 1. The number of aliphatic imine (C=N–C) groups is 1. The van der Waals surface area contributed by atoms with Crippen LogP contribution in [0.4, 0.5) is 0 Å². The maximum Gasteiger partial charge on any atom is 0.326 e. The number of carbonyl (C=O) groups is 5. The van der Waals surface area contributed by atoms with Crippen molar-refractivity contribution < 1.29 is 29.1 Å². The molecule has 0 aliphatic heterocycles. The van der Waals surface area contributed by atoms with Crippen molar-refractivity contribution in [1.82, 2.24) is 16.0 Å². The van der Waals surface area contributed by atoms with E-state index >= 15 is 0 Å². The smallest absolute Gasteiger partial charge is 0.326 e. The van der Waals surface area contributed by atoms with Gasteiger partial charge in [0.15, 0.2) is 5.96 Å². The summed E-state index contributed by atoms with van der Waals surface area (Å²) in [6.45, 7) is 3.37. The molecule has 0 bridgehead atoms. The minimum absolute atomic E-state index is 0.0619. The zero-order valence-corrected chi connectivity index (χ0v) is 19.0. The van der Waals surface area contributed by atoms with Crippen molar-refractivity contribution in [3.63, 3.8) is 0 Å². The first-order valence-electron chi connectivity index (χ1n) is 10.6. The van der Waals surface area contributed by atoms with E-state index in [2.05, 4.69) is 20.9 Å². The highest BCUT2D eigenvalue weighted by atomic mass is 16.4. The SMILES string of the molecule is CCC(C)C(NC(=O)C(N)CCCN=C(N)N)C(=O)NCC(=O)NC(CCC(N)=O)C(=O)O. The van der Waals surface area contributed by atoms with Crippen LogP contribution in [-0.4, -0.2) is 71.9 Å². The largest absolute Gasteiger partial charge is 0.480 e. The Morgan fingerprint density at radius 2 is 1.64 bits per heavy atom. The van der Waals surface area contributed by atoms with Crippen LogP contribution in [0.2, 0.25) is 0 Å². The van der Waals surface area contributed by atoms with Gasteiger partial charge in [-0.05, 0) is 25.2 Å². The highest BCUT2D eigenvalue weighted by molar-refractivity contribution is 5.92. The first-order chi connectivity index (χ1) is 15.4. The van der Waals surface area contributed by atoms with Crippen LogP contribution in [0.25, 0.3) is 0 Å². The molecule has 0 saturated heterocycles. The highest BCUT2D eigenvalue weighted by Crippen LogP contribution is 2.09. The van der Waals surface area contributed by atoms with Crippen molar-refractivity contribution in [3.05, 3.63) is 0 Å². The number of rotatable bonds is 16. The lowest BCUT2D eigenvalue weighted by atomic mass is 9.97. The lowest BCUT2D eigenvalue weighted by molar-refractivity contribution is -0.142. The van der Waals surface area contributed by atoms with E-state index in [4.69, 9.17) is 28.0 Å². The molecule has 14 nitrogen and oxygen atoms in total. The Labute approximate surface area is 192 Å². The number of hydrogen-bond donors (Lipinski definition) is 8. The van der Waals surface area contributed by atoms with Crippen molar-refractivity contribution >= 4 is 35.6 Å². The molecule has 0 spiro atoms. The first kappa shape index (κ1) is 29.6. The quantitative estimate of drug-likeness (QED) is 0.0639. The van der Waals surface area contributed by atoms with E-state index in [0.29, 0.717) is 25.8 Å². The Morgan fingerprint density at radius 1 is 1.00 bits per heavy atom. The van der Waals surface area contributed by atoms with Gasteiger partial charge >= 0.3 is 5.97 Å². The molecule has 0 radical (unpaired) electrons. The van der Waals surface area contributed by atoms with Crippen molar-refractivity contribution in [2.75, 3.05) is 13.1 Å². The Hall–Kier alpha value is -3.42. The number of nitrogens with two attached hydrogens (primary N) is 4. The van der Waals surface area contributed by atoms with Gasteiger partial charge in [0.1, 0.15) is 12.1 Å². The number of hydrogen-bond acceptors (Lipinski definition) is 7. The van der Waals surface area contributed by atoms with Gasteiger partial charge in [-0.2, -0.15) is 0 Å². The second-order valence-corrected chi connectivity index (χ2v) is 7.61. The molecular weight excluding hydrogens is 436 g/mol. The molecule has 0 aliphatic rings. The Bertz CT molecular complexity index is 725. The molecule has 0 saturated carbocycles. The monoisotopic (exact) mass is 472 g/mol. The summed E-state index contributed by atoms with van der Waals surface area (Å²) >= 11 is 0. The molecule has 0 rings (SSSR count). The van der Waals surface area contributed by atoms with Gasteiger partial charge in [0, 0.05) is 13.0 Å². The molecule has 188 valence electrons. The summed E-state index contributed by atoms with van der Waals surface area (Å²) in [4.78, 5) is 62.9. The van der Waals surface area contributed by atoms with E-state index < -0.39 is 54.3 Å². The van der Waals surface area contributed by atoms with Crippen molar-refractivity contribution in [1.29, 1.82) is 0 Å². The summed E-state index contributed by atoms with van der Waals surface area (Å²) in [7, 11) is 0. The average molecular weight is 473 g/mol. The summed E-state index contributed by atoms with van der Waals surface area (Å²) in [5.41, 5.74) is 21.3. The van der Waals surface area contributed by atoms with Crippen LogP contribution >= 0.6 is 0 Å². The number of nitrogens with one attached hydrogen (secondary N) is 3. The van der Waals surface area contributed by atoms with Crippen molar-refractivity contribution in [2.45, 2.75) is 64.1 Å². The molecule has 0 aromatic carbocycles. The normalized spacial score (nSPS) is 14.2. The fourth-order valence-corrected chi connectivity index (χ4v) is 2.68. The molecule has 0 heterocycles. The van der Waals surface area contributed by atoms with Crippen LogP contribution in [0.1, 0.15) is 46.0 Å². The third kappa shape index (κ3) is 12.9. The molecule has 4 unspecified atom stereocenters. The third-order valence-corrected chi connectivity index (χ3v) is 4.83. The van der Waals surface area contributed by atoms with Gasteiger partial charge in [0.05, 0.1) is 12.6 Å². The minimum Gasteiger partial charge on any atom is -0.480 e. The van der Waals surface area contributed by atoms with E-state index in [0.717, 1.165) is 0 Å². The van der Waals surface area contributed by atoms with Crippen molar-refractivity contribution in [3.8, 4) is 0 Å². The standard InChI is InChI=1S/C19H36N8O6/c1-3-10(2)15(27-16(30)11(20)5-4-8-24-19(22)23)17(31)25-9-14(29)26-12(18(32)33)6-7-13(21)28/h10-12,15H,3-9,20H2,1-2H3,(H2,21,28)(H,25,31)(H,26,29)(H,27,30)(H,32,33)(H4,22,23,24). The highest BCUT2D eigenvalue weighted by Gasteiger charge is 2.28. The number of amides is 4. The maximum atomic E-state index is 12.6. The molecule has 0 aromatic rings. The maximum absolute atomic E-state index is 12.6. The third-order valence-electron chi connectivity index (χ3n) is 4.83. The van der Waals surface area contributed by atoms with Gasteiger partial charge < -0.3 is 44.0 Å². The van der Waals surface area contributed by atoms with Gasteiger partial charge in [-0.1, -0.05) is 20.3 Å². The van der Waals surface area contributed by atoms with Crippen LogP contribution in [0.5, 0.6) is 0 Å². The van der Waals surface area contributed by atoms with Gasteiger partial charge in [-0.15, -0.1) is 0 Å². The fourth-order valence-electron chi connectivity index (χ4n) is 2.68. The van der Waals surface area contributed by atoms with Crippen LogP contribution in [-0.2, 0) is 24.0 Å². The summed E-state index contributed by atoms with van der Waals surface area (Å²) in [6.07, 6.45) is 0.905. The molecule has 0 aromatic heterocycles. The van der Waals surface area contributed by atoms with Crippen LogP contribution in [0, 0.1) is 5.92 Å². The molecule has 0 aliphatic carbocycles. The zero-order valence-electron chi connectivity index (χ0n) is 19.0. The average Bonchev–Trinajstić information content (AvgIpc) is 2.74. The van der Waals surface area contributed by atoms with Gasteiger partial charge in [0.25, 0.3) is 0 Å². The molecule has 12 N–H and O–H groups in total. The number of carboxylic acid groups (broad SMARTS) is 1. The predicted octanol–water partition coefficient (Wildman–Crippen LogP) is -3.15. The minimum atomic E-state index is -1.34. The molecule has 14 heteroatoms. The van der Waals surface area contributed by atoms with E-state index in [-0.39, 0.29) is 24.7 Å². The van der Waals surface area contributed by atoms with Gasteiger partial charge in [0.2, 0.25) is 23.6 Å². The zero-order chi connectivity index (χ0) is 25.6. The fraction of sp³-hybridized carbons (Fsp3) is 0.684. The van der Waals surface area contributed by atoms with Gasteiger partial charge in [-0.25, -0.2) is 4.79 Å². The molecule has 0 fully saturated rings. The molecule has 33 heavy (non-hydrogen) atoms. The van der Waals surface area contributed by atoms with E-state index in [9.17, 15) is 24.0 Å². The molecular formula is C19H36N8O6. The Morgan fingerprint density at radius 3 is 2.15 bits per heavy atom. The second-order valence-electron chi connectivity index (χ2n) is 7.61. The predicted molar refractivity (Wildman–Crippen MR) is 120 cm³/mol. The Balaban J connectivity index is 4.84. The van der Waals surface area contributed by atoms with Crippen molar-refractivity contribution in [2.24, 2.45) is 33.8 Å². The van der Waals surface area contributed by atoms with E-state index in [1.54, 1.807) is 6.92 Å². The number of aliphatic carboxylic acids is 1. The van der Waals surface area contributed by atoms with E-state index in [1.807, 2.05) is 6.92 Å². The number of primary amides is 1. The summed E-state index contributed by atoms with van der Waals surface area (Å²) in [6, 6.07) is -3.17. The van der Waals surface area contributed by atoms with Crippen LogP contribution in [0.15, 0.2) is 4.99 Å². The number of carboxylic acids is 1. The lowest BCUT2D eigenvalue weighted by Gasteiger charge is -2.25. The first-order valence-corrected chi connectivity index (χ1v) is 10.6. The molecule has 4 amide bonds.